The number of nitrogens with one attached hydrogen (secondary N) is 2. The van der Waals surface area contributed by atoms with Crippen molar-refractivity contribution in [2.75, 3.05) is 0 Å². The number of pyridine rings is 1. The van der Waals surface area contributed by atoms with E-state index in [4.69, 9.17) is 0 Å². The molecule has 0 radical (unpaired) electrons. The summed E-state index contributed by atoms with van der Waals surface area (Å²) in [5.41, 5.74) is 7.15. The van der Waals surface area contributed by atoms with Crippen molar-refractivity contribution in [3.05, 3.63) is 82.9 Å². The highest BCUT2D eigenvalue weighted by Gasteiger charge is 2.18. The fourth-order valence-corrected chi connectivity index (χ4v) is 4.45. The van der Waals surface area contributed by atoms with E-state index in [-0.39, 0.29) is 5.13 Å². The maximum absolute atomic E-state index is 13.7. The number of aromatic nitrogens is 6. The van der Waals surface area contributed by atoms with Gasteiger partial charge in [0.2, 0.25) is 0 Å². The van der Waals surface area contributed by atoms with Crippen molar-refractivity contribution in [1.29, 1.82) is 0 Å². The van der Waals surface area contributed by atoms with Crippen LogP contribution in [0.15, 0.2) is 61.6 Å². The predicted molar refractivity (Wildman–Crippen MR) is 122 cm³/mol. The second-order valence-corrected chi connectivity index (χ2v) is 8.27. The lowest BCUT2D eigenvalue weighted by atomic mass is 10.0. The van der Waals surface area contributed by atoms with Crippen molar-refractivity contribution >= 4 is 27.9 Å². The quantitative estimate of drug-likeness (QED) is 0.363. The normalized spacial score (nSPS) is 12.0. The summed E-state index contributed by atoms with van der Waals surface area (Å²) < 4.78 is 15.4. The molecule has 0 unspecified atom stereocenters. The van der Waals surface area contributed by atoms with E-state index in [1.807, 2.05) is 44.7 Å². The Balaban J connectivity index is 1.61. The van der Waals surface area contributed by atoms with Crippen molar-refractivity contribution in [2.24, 2.45) is 7.05 Å². The topological polar surface area (TPSA) is 75.2 Å². The molecule has 154 valence electrons. The summed E-state index contributed by atoms with van der Waals surface area (Å²) in [6, 6.07) is 7.36. The first-order valence-electron chi connectivity index (χ1n) is 9.65. The summed E-state index contributed by atoms with van der Waals surface area (Å²) in [6.45, 7) is 5.81. The molecule has 0 aliphatic rings. The molecule has 0 spiro atoms. The number of hydrogen-bond donors (Lipinski definition) is 2. The Morgan fingerprint density at radius 1 is 1.23 bits per heavy atom. The molecule has 0 amide bonds. The molecule has 0 aromatic carbocycles. The number of rotatable bonds is 5. The summed E-state index contributed by atoms with van der Waals surface area (Å²) >= 11 is 1.11. The number of allylic oxidation sites excluding steroid dienone is 2. The van der Waals surface area contributed by atoms with Crippen LogP contribution in [0.4, 0.5) is 4.39 Å². The molecule has 2 N–H and O–H groups in total. The number of hydrogen-bond acceptors (Lipinski definition) is 4. The largest absolute Gasteiger partial charge is 0.357 e. The number of thiophene rings is 1. The van der Waals surface area contributed by atoms with Crippen molar-refractivity contribution in [3.63, 3.8) is 0 Å². The molecule has 6 nitrogen and oxygen atoms in total. The summed E-state index contributed by atoms with van der Waals surface area (Å²) in [5, 5.41) is 12.4. The van der Waals surface area contributed by atoms with Gasteiger partial charge < -0.3 is 4.98 Å². The van der Waals surface area contributed by atoms with Gasteiger partial charge in [0, 0.05) is 57.7 Å². The van der Waals surface area contributed by atoms with Crippen LogP contribution in [0.5, 0.6) is 0 Å². The van der Waals surface area contributed by atoms with E-state index >= 15 is 0 Å². The lowest BCUT2D eigenvalue weighted by Crippen LogP contribution is -1.85. The molecule has 5 aromatic heterocycles. The van der Waals surface area contributed by atoms with E-state index in [1.54, 1.807) is 16.8 Å². The van der Waals surface area contributed by atoms with Crippen molar-refractivity contribution in [3.8, 4) is 22.5 Å². The van der Waals surface area contributed by atoms with E-state index in [0.717, 1.165) is 60.9 Å². The van der Waals surface area contributed by atoms with E-state index in [9.17, 15) is 4.39 Å². The number of halogens is 1. The van der Waals surface area contributed by atoms with Gasteiger partial charge in [0.1, 0.15) is 5.69 Å². The van der Waals surface area contributed by atoms with Crippen LogP contribution in [0.2, 0.25) is 0 Å². The molecule has 0 aliphatic carbocycles. The van der Waals surface area contributed by atoms with Gasteiger partial charge in [-0.15, -0.1) is 11.3 Å². The molecule has 31 heavy (non-hydrogen) atoms. The van der Waals surface area contributed by atoms with E-state index in [0.29, 0.717) is 5.65 Å². The molecular formula is C23H19FN6S. The molecule has 0 bridgehead atoms. The van der Waals surface area contributed by atoms with Gasteiger partial charge in [0.15, 0.2) is 10.8 Å². The van der Waals surface area contributed by atoms with Crippen LogP contribution < -0.4 is 0 Å². The smallest absolute Gasteiger partial charge is 0.176 e. The fourth-order valence-electron chi connectivity index (χ4n) is 3.68. The van der Waals surface area contributed by atoms with Crippen LogP contribution in [0.1, 0.15) is 16.1 Å². The number of aryl methyl sites for hydroxylation is 2. The average molecular weight is 431 g/mol. The third kappa shape index (κ3) is 3.40. The Labute approximate surface area is 181 Å². The molecular weight excluding hydrogens is 411 g/mol. The van der Waals surface area contributed by atoms with Crippen LogP contribution in [-0.4, -0.2) is 29.9 Å². The van der Waals surface area contributed by atoms with Crippen LogP contribution in [0.25, 0.3) is 39.1 Å². The molecule has 0 fully saturated rings. The highest BCUT2D eigenvalue weighted by atomic mass is 32.1. The SMILES string of the molecule is C=C/C=C(/c1ccc(F)s1)c1cc(-c2n[nH]c3ncc(-c4cnn(C)c4)cc23)[nH]c1C. The lowest BCUT2D eigenvalue weighted by molar-refractivity contribution is 0.657. The van der Waals surface area contributed by atoms with Gasteiger partial charge in [-0.2, -0.15) is 14.6 Å². The first-order valence-corrected chi connectivity index (χ1v) is 10.5. The Morgan fingerprint density at radius 2 is 2.10 bits per heavy atom. The Hall–Kier alpha value is -3.78. The van der Waals surface area contributed by atoms with Gasteiger partial charge in [0.25, 0.3) is 0 Å². The number of aromatic amines is 2. The second-order valence-electron chi connectivity index (χ2n) is 7.24. The molecule has 0 atom stereocenters. The Bertz CT molecular complexity index is 1450. The minimum atomic E-state index is -0.217. The number of nitrogens with zero attached hydrogens (tertiary/aromatic N) is 4. The third-order valence-corrected chi connectivity index (χ3v) is 6.04. The third-order valence-electron chi connectivity index (χ3n) is 5.14. The standard InChI is InChI=1S/C23H19FN6S/c1-4-5-16(20-6-7-21(24)31-20)17-9-19(27-13(17)2)22-18-8-14(10-25-23(18)29-28-22)15-11-26-30(3)12-15/h4-12,27H,1H2,2-3H3,(H,25,28,29)/b16-5+. The molecule has 0 aliphatic heterocycles. The molecule has 8 heteroatoms. The molecule has 5 aromatic rings. The minimum absolute atomic E-state index is 0.217. The maximum Gasteiger partial charge on any atom is 0.176 e. The minimum Gasteiger partial charge on any atom is -0.357 e. The average Bonchev–Trinajstić information content (AvgIpc) is 3.53. The van der Waals surface area contributed by atoms with Crippen molar-refractivity contribution in [1.82, 2.24) is 29.9 Å². The van der Waals surface area contributed by atoms with E-state index in [2.05, 4.69) is 37.9 Å². The Morgan fingerprint density at radius 3 is 2.81 bits per heavy atom. The van der Waals surface area contributed by atoms with Gasteiger partial charge >= 0.3 is 0 Å². The number of H-pyrrole nitrogens is 2. The first-order chi connectivity index (χ1) is 15.0. The summed E-state index contributed by atoms with van der Waals surface area (Å²) in [5.74, 6) is 0. The molecule has 5 rings (SSSR count). The highest BCUT2D eigenvalue weighted by molar-refractivity contribution is 7.11. The zero-order valence-corrected chi connectivity index (χ0v) is 17.8. The van der Waals surface area contributed by atoms with Crippen LogP contribution in [0, 0.1) is 12.1 Å². The summed E-state index contributed by atoms with van der Waals surface area (Å²) in [7, 11) is 1.88. The van der Waals surface area contributed by atoms with Crippen molar-refractivity contribution in [2.45, 2.75) is 6.92 Å². The van der Waals surface area contributed by atoms with Gasteiger partial charge in [-0.05, 0) is 31.2 Å². The lowest BCUT2D eigenvalue weighted by Gasteiger charge is -2.03. The van der Waals surface area contributed by atoms with Gasteiger partial charge in [-0.25, -0.2) is 4.98 Å². The summed E-state index contributed by atoms with van der Waals surface area (Å²) in [6.07, 6.45) is 9.18. The van der Waals surface area contributed by atoms with E-state index < -0.39 is 0 Å². The summed E-state index contributed by atoms with van der Waals surface area (Å²) in [4.78, 5) is 8.80. The first kappa shape index (κ1) is 19.2. The van der Waals surface area contributed by atoms with Gasteiger partial charge in [-0.3, -0.25) is 9.78 Å². The predicted octanol–water partition coefficient (Wildman–Crippen LogP) is 5.48. The zero-order chi connectivity index (χ0) is 21.5. The van der Waals surface area contributed by atoms with Crippen LogP contribution in [-0.2, 0) is 7.05 Å². The molecule has 0 saturated heterocycles. The van der Waals surface area contributed by atoms with Gasteiger partial charge in [0.05, 0.1) is 11.9 Å². The second kappa shape index (κ2) is 7.48. The van der Waals surface area contributed by atoms with Gasteiger partial charge in [-0.1, -0.05) is 18.7 Å². The van der Waals surface area contributed by atoms with Crippen LogP contribution in [0.3, 0.4) is 0 Å². The molecule has 5 heterocycles. The molecule has 0 saturated carbocycles. The zero-order valence-electron chi connectivity index (χ0n) is 17.0. The van der Waals surface area contributed by atoms with E-state index in [1.165, 1.54) is 6.07 Å². The van der Waals surface area contributed by atoms with Crippen molar-refractivity contribution < 1.29 is 4.39 Å². The fraction of sp³-hybridized carbons (Fsp3) is 0.0870. The Kier molecular flexibility index (Phi) is 4.63. The monoisotopic (exact) mass is 430 g/mol. The highest BCUT2D eigenvalue weighted by Crippen LogP contribution is 2.35. The number of fused-ring (bicyclic) bond motifs is 1. The van der Waals surface area contributed by atoms with Crippen LogP contribution >= 0.6 is 11.3 Å². The maximum atomic E-state index is 13.7.